The Kier molecular flexibility index (Phi) is 12.4. The molecule has 0 amide bonds. The molecule has 12 aromatic carbocycles. The molecule has 10 nitrogen and oxygen atoms in total. The van der Waals surface area contributed by atoms with Crippen molar-refractivity contribution in [2.45, 2.75) is 13.8 Å². The zero-order chi connectivity index (χ0) is 59.8. The Hall–Kier alpha value is -12.1. The largest absolute Gasteiger partial charge is 0.455 e. The molecule has 0 radical (unpaired) electrons. The van der Waals surface area contributed by atoms with Gasteiger partial charge < -0.3 is 18.0 Å². The molecular weight excluding hydrogens is 1100 g/mol. The van der Waals surface area contributed by atoms with E-state index in [4.69, 9.17) is 38.7 Å². The molecule has 0 fully saturated rings. The van der Waals surface area contributed by atoms with Crippen molar-refractivity contribution in [1.82, 2.24) is 39.0 Å². The van der Waals surface area contributed by atoms with Gasteiger partial charge in [-0.3, -0.25) is 0 Å². The van der Waals surface area contributed by atoms with Gasteiger partial charge in [0.15, 0.2) is 34.9 Å². The number of benzene rings is 12. The van der Waals surface area contributed by atoms with Crippen molar-refractivity contribution >= 4 is 87.5 Å². The highest BCUT2D eigenvalue weighted by Gasteiger charge is 2.24. The van der Waals surface area contributed by atoms with Crippen LogP contribution in [-0.4, -0.2) is 39.0 Å². The second-order valence-corrected chi connectivity index (χ2v) is 22.7. The second kappa shape index (κ2) is 21.4. The summed E-state index contributed by atoms with van der Waals surface area (Å²) in [6.45, 7) is 4.22. The molecule has 0 N–H and O–H groups in total. The number of hydrogen-bond acceptors (Lipinski definition) is 8. The van der Waals surface area contributed by atoms with Crippen molar-refractivity contribution in [2.75, 3.05) is 0 Å². The van der Waals surface area contributed by atoms with E-state index in [1.165, 1.54) is 21.8 Å². The minimum atomic E-state index is 0.579. The van der Waals surface area contributed by atoms with E-state index in [0.29, 0.717) is 34.9 Å². The molecule has 10 heteroatoms. The number of furan rings is 2. The van der Waals surface area contributed by atoms with Crippen molar-refractivity contribution in [3.63, 3.8) is 0 Å². The van der Waals surface area contributed by atoms with Gasteiger partial charge >= 0.3 is 0 Å². The summed E-state index contributed by atoms with van der Waals surface area (Å²) in [5.41, 5.74) is 17.7. The molecule has 0 saturated carbocycles. The summed E-state index contributed by atoms with van der Waals surface area (Å²) in [5.74, 6) is 3.67. The zero-order valence-electron chi connectivity index (χ0n) is 49.0. The lowest BCUT2D eigenvalue weighted by Crippen LogP contribution is -2.01. The number of aryl methyl sites for hydroxylation is 2. The lowest BCUT2D eigenvalue weighted by molar-refractivity contribution is 0.669. The Morgan fingerprint density at radius 2 is 0.644 bits per heavy atom. The molecule has 90 heavy (non-hydrogen) atoms. The fourth-order valence-corrected chi connectivity index (χ4v) is 12.9. The second-order valence-electron chi connectivity index (χ2n) is 22.7. The molecule has 0 unspecified atom stereocenters. The minimum absolute atomic E-state index is 0.579. The molecule has 0 aliphatic heterocycles. The third-order valence-electron chi connectivity index (χ3n) is 17.2. The first kappa shape index (κ1) is 52.2. The molecule has 18 aromatic rings. The average molecular weight is 1160 g/mol. The van der Waals surface area contributed by atoms with Crippen molar-refractivity contribution in [2.24, 2.45) is 0 Å². The van der Waals surface area contributed by atoms with Crippen LogP contribution in [0.1, 0.15) is 11.1 Å². The number of fused-ring (bicyclic) bond motifs is 12. The van der Waals surface area contributed by atoms with E-state index in [2.05, 4.69) is 181 Å². The molecule has 6 heterocycles. The summed E-state index contributed by atoms with van der Waals surface area (Å²) in [6.07, 6.45) is 0. The van der Waals surface area contributed by atoms with Crippen molar-refractivity contribution in [1.29, 1.82) is 0 Å². The first-order chi connectivity index (χ1) is 44.5. The van der Waals surface area contributed by atoms with E-state index in [1.807, 2.05) is 121 Å². The number of nitrogens with zero attached hydrogens (tertiary/aromatic N) is 8. The van der Waals surface area contributed by atoms with Crippen molar-refractivity contribution in [3.05, 3.63) is 290 Å². The average Bonchev–Trinajstić information content (AvgIpc) is 1.80. The maximum absolute atomic E-state index is 6.77. The standard InChI is InChI=1S/2C40H26N4O/c1-25-21-22-30(40-42-38(26-13-5-2-6-14-26)41-39(43-40)27-15-7-3-8-16-27)37-36(25)32-23-34-31(24-35(32)45-37)29-19-11-12-20-33(29)44(34)28-17-9-4-10-18-28;1-25-21-22-30-32-23-34-31(29-19-11-12-20-33(29)44(34)28-17-9-4-10-18-28)24-35(32)45-37(30)36(25)40-42-38(26-13-5-2-6-14-26)41-39(43-40)27-15-7-3-8-16-27/h2*2-24H,1H3. The highest BCUT2D eigenvalue weighted by Crippen LogP contribution is 2.44. The first-order valence-corrected chi connectivity index (χ1v) is 30.1. The van der Waals surface area contributed by atoms with E-state index < -0.39 is 0 Å². The van der Waals surface area contributed by atoms with Crippen LogP contribution in [0.15, 0.2) is 288 Å². The summed E-state index contributed by atoms with van der Waals surface area (Å²) < 4.78 is 18.2. The molecule has 0 spiro atoms. The van der Waals surface area contributed by atoms with E-state index in [0.717, 1.165) is 122 Å². The van der Waals surface area contributed by atoms with Gasteiger partial charge in [-0.1, -0.05) is 212 Å². The Bertz CT molecular complexity index is 5670. The van der Waals surface area contributed by atoms with Gasteiger partial charge in [-0.25, -0.2) is 29.9 Å². The van der Waals surface area contributed by atoms with E-state index in [1.54, 1.807) is 0 Å². The van der Waals surface area contributed by atoms with Gasteiger partial charge in [-0.15, -0.1) is 0 Å². The van der Waals surface area contributed by atoms with Crippen LogP contribution in [0.4, 0.5) is 0 Å². The molecule has 424 valence electrons. The van der Waals surface area contributed by atoms with Gasteiger partial charge in [0.25, 0.3) is 0 Å². The molecule has 0 aliphatic carbocycles. The Morgan fingerprint density at radius 1 is 0.267 bits per heavy atom. The predicted octanol–water partition coefficient (Wildman–Crippen LogP) is 20.4. The van der Waals surface area contributed by atoms with E-state index >= 15 is 0 Å². The van der Waals surface area contributed by atoms with Crippen molar-refractivity contribution in [3.8, 4) is 79.7 Å². The third kappa shape index (κ3) is 8.79. The number of para-hydroxylation sites is 4. The number of aromatic nitrogens is 8. The molecule has 6 aromatic heterocycles. The van der Waals surface area contributed by atoms with Gasteiger partial charge in [-0.05, 0) is 91.7 Å². The Balaban J connectivity index is 0.000000139. The molecule has 18 rings (SSSR count). The van der Waals surface area contributed by atoms with Gasteiger partial charge in [0.2, 0.25) is 0 Å². The lowest BCUT2D eigenvalue weighted by Gasteiger charge is -2.10. The lowest BCUT2D eigenvalue weighted by atomic mass is 10.0. The van der Waals surface area contributed by atoms with Gasteiger partial charge in [0.05, 0.1) is 33.2 Å². The van der Waals surface area contributed by atoms with E-state index in [9.17, 15) is 0 Å². The first-order valence-electron chi connectivity index (χ1n) is 30.1. The number of hydrogen-bond donors (Lipinski definition) is 0. The Morgan fingerprint density at radius 3 is 1.12 bits per heavy atom. The summed E-state index contributed by atoms with van der Waals surface area (Å²) in [4.78, 5) is 29.8. The molecule has 0 aliphatic rings. The fourth-order valence-electron chi connectivity index (χ4n) is 12.9. The summed E-state index contributed by atoms with van der Waals surface area (Å²) in [7, 11) is 0. The van der Waals surface area contributed by atoms with Gasteiger partial charge in [0.1, 0.15) is 22.3 Å². The van der Waals surface area contributed by atoms with Crippen LogP contribution in [0, 0.1) is 13.8 Å². The summed E-state index contributed by atoms with van der Waals surface area (Å²) in [6, 6.07) is 95.8. The van der Waals surface area contributed by atoms with Crippen LogP contribution >= 0.6 is 0 Å². The third-order valence-corrected chi connectivity index (χ3v) is 17.2. The maximum atomic E-state index is 6.77. The van der Waals surface area contributed by atoms with Crippen molar-refractivity contribution < 1.29 is 8.83 Å². The monoisotopic (exact) mass is 1160 g/mol. The predicted molar refractivity (Wildman–Crippen MR) is 365 cm³/mol. The highest BCUT2D eigenvalue weighted by atomic mass is 16.3. The van der Waals surface area contributed by atoms with Gasteiger partial charge in [0, 0.05) is 76.7 Å². The summed E-state index contributed by atoms with van der Waals surface area (Å²) in [5, 5.41) is 8.89. The van der Waals surface area contributed by atoms with Crippen LogP contribution in [0.5, 0.6) is 0 Å². The molecular formula is C80H52N8O2. The minimum Gasteiger partial charge on any atom is -0.455 e. The van der Waals surface area contributed by atoms with Crippen LogP contribution in [0.2, 0.25) is 0 Å². The van der Waals surface area contributed by atoms with Crippen LogP contribution in [-0.2, 0) is 0 Å². The SMILES string of the molecule is Cc1ccc(-c2nc(-c3ccccc3)nc(-c3ccccc3)n2)c2oc3cc4c5ccccc5n(-c5ccccc5)c4cc3c12.Cc1ccc2c(oc3cc4c5ccccc5n(-c5ccccc5)c4cc32)c1-c1nc(-c2ccccc2)nc(-c2ccccc2)n1. The number of rotatable bonds is 8. The maximum Gasteiger partial charge on any atom is 0.168 e. The molecule has 0 atom stereocenters. The topological polar surface area (TPSA) is 113 Å². The van der Waals surface area contributed by atoms with E-state index in [-0.39, 0.29) is 0 Å². The van der Waals surface area contributed by atoms with Crippen LogP contribution in [0.25, 0.3) is 167 Å². The van der Waals surface area contributed by atoms with Gasteiger partial charge in [-0.2, -0.15) is 0 Å². The molecule has 0 saturated heterocycles. The summed E-state index contributed by atoms with van der Waals surface area (Å²) >= 11 is 0. The zero-order valence-corrected chi connectivity index (χ0v) is 49.0. The highest BCUT2D eigenvalue weighted by molar-refractivity contribution is 6.20. The quantitative estimate of drug-likeness (QED) is 0.148. The van der Waals surface area contributed by atoms with Crippen LogP contribution in [0.3, 0.4) is 0 Å². The normalized spacial score (nSPS) is 11.7. The Labute approximate surface area is 516 Å². The smallest absolute Gasteiger partial charge is 0.168 e. The fraction of sp³-hybridized carbons (Fsp3) is 0.0250. The molecule has 0 bridgehead atoms. The van der Waals surface area contributed by atoms with Crippen LogP contribution < -0.4 is 0 Å².